The molecule has 0 aromatic carbocycles. The largest absolute Gasteiger partial charge is 0.382 e. The second-order valence-electron chi connectivity index (χ2n) is 4.42. The first-order valence-electron chi connectivity index (χ1n) is 6.91. The van der Waals surface area contributed by atoms with Crippen molar-refractivity contribution in [2.24, 2.45) is 10.9 Å². The Morgan fingerprint density at radius 3 is 2.30 bits per heavy atom. The van der Waals surface area contributed by atoms with Crippen LogP contribution in [0.1, 0.15) is 27.2 Å². The Morgan fingerprint density at radius 1 is 1.15 bits per heavy atom. The van der Waals surface area contributed by atoms with Crippen molar-refractivity contribution in [3.05, 3.63) is 0 Å². The van der Waals surface area contributed by atoms with Gasteiger partial charge in [0.1, 0.15) is 0 Å². The molecule has 0 spiro atoms. The fraction of sp³-hybridized carbons (Fsp3) is 0.846. The third-order valence-corrected chi connectivity index (χ3v) is 2.43. The number of ether oxygens (including phenoxy) is 1. The SMILES string of the molecule is CCOCCCNC(=NC)NCCNC(=O)C(C)C.I. The van der Waals surface area contributed by atoms with Crippen LogP contribution in [0.4, 0.5) is 0 Å². The number of nitrogens with one attached hydrogen (secondary N) is 3. The van der Waals surface area contributed by atoms with Crippen molar-refractivity contribution in [1.82, 2.24) is 16.0 Å². The van der Waals surface area contributed by atoms with Gasteiger partial charge in [-0.15, -0.1) is 24.0 Å². The minimum absolute atomic E-state index is 0. The van der Waals surface area contributed by atoms with Crippen LogP contribution in [0.15, 0.2) is 4.99 Å². The maximum absolute atomic E-state index is 11.3. The van der Waals surface area contributed by atoms with E-state index in [2.05, 4.69) is 20.9 Å². The van der Waals surface area contributed by atoms with Gasteiger partial charge >= 0.3 is 0 Å². The molecule has 0 aliphatic rings. The smallest absolute Gasteiger partial charge is 0.222 e. The van der Waals surface area contributed by atoms with Gasteiger partial charge in [0, 0.05) is 45.8 Å². The number of amides is 1. The Morgan fingerprint density at radius 2 is 1.75 bits per heavy atom. The van der Waals surface area contributed by atoms with E-state index >= 15 is 0 Å². The van der Waals surface area contributed by atoms with Gasteiger partial charge in [-0.2, -0.15) is 0 Å². The molecule has 0 saturated heterocycles. The molecule has 0 radical (unpaired) electrons. The van der Waals surface area contributed by atoms with Crippen LogP contribution in [-0.4, -0.2) is 51.8 Å². The summed E-state index contributed by atoms with van der Waals surface area (Å²) in [5.41, 5.74) is 0. The first-order chi connectivity index (χ1) is 9.11. The summed E-state index contributed by atoms with van der Waals surface area (Å²) < 4.78 is 5.25. The molecule has 0 unspecified atom stereocenters. The molecule has 0 fully saturated rings. The number of carbonyl (C=O) groups excluding carboxylic acids is 1. The highest BCUT2D eigenvalue weighted by molar-refractivity contribution is 14.0. The Balaban J connectivity index is 0. The van der Waals surface area contributed by atoms with Gasteiger partial charge in [-0.1, -0.05) is 13.8 Å². The molecule has 0 rings (SSSR count). The fourth-order valence-electron chi connectivity index (χ4n) is 1.32. The van der Waals surface area contributed by atoms with E-state index in [9.17, 15) is 4.79 Å². The third-order valence-electron chi connectivity index (χ3n) is 2.43. The zero-order valence-electron chi connectivity index (χ0n) is 13.0. The van der Waals surface area contributed by atoms with Gasteiger partial charge in [0.15, 0.2) is 5.96 Å². The van der Waals surface area contributed by atoms with Crippen LogP contribution in [0, 0.1) is 5.92 Å². The number of aliphatic imine (C=N–C) groups is 1. The van der Waals surface area contributed by atoms with Crippen molar-refractivity contribution in [3.8, 4) is 0 Å². The highest BCUT2D eigenvalue weighted by Gasteiger charge is 2.04. The number of rotatable bonds is 9. The first kappa shape index (κ1) is 21.7. The summed E-state index contributed by atoms with van der Waals surface area (Å²) in [5.74, 6) is 0.841. The highest BCUT2D eigenvalue weighted by atomic mass is 127. The van der Waals surface area contributed by atoms with Gasteiger partial charge in [-0.3, -0.25) is 9.79 Å². The minimum atomic E-state index is 0. The molecule has 3 N–H and O–H groups in total. The van der Waals surface area contributed by atoms with Gasteiger partial charge < -0.3 is 20.7 Å². The van der Waals surface area contributed by atoms with E-state index in [0.29, 0.717) is 13.1 Å². The molecule has 20 heavy (non-hydrogen) atoms. The van der Waals surface area contributed by atoms with Gasteiger partial charge in [0.05, 0.1) is 0 Å². The Kier molecular flexibility index (Phi) is 16.1. The van der Waals surface area contributed by atoms with Crippen LogP contribution in [-0.2, 0) is 9.53 Å². The maximum atomic E-state index is 11.3. The summed E-state index contributed by atoms with van der Waals surface area (Å²) in [5, 5.41) is 9.16. The molecule has 0 aromatic rings. The molecule has 6 nitrogen and oxygen atoms in total. The van der Waals surface area contributed by atoms with Crippen molar-refractivity contribution in [2.75, 3.05) is 39.9 Å². The van der Waals surface area contributed by atoms with Crippen molar-refractivity contribution in [1.29, 1.82) is 0 Å². The van der Waals surface area contributed by atoms with E-state index in [0.717, 1.165) is 32.1 Å². The first-order valence-corrected chi connectivity index (χ1v) is 6.91. The van der Waals surface area contributed by atoms with Gasteiger partial charge in [-0.05, 0) is 13.3 Å². The summed E-state index contributed by atoms with van der Waals surface area (Å²) in [6, 6.07) is 0. The summed E-state index contributed by atoms with van der Waals surface area (Å²) in [7, 11) is 1.73. The Hall–Kier alpha value is -0.570. The molecule has 120 valence electrons. The lowest BCUT2D eigenvalue weighted by Crippen LogP contribution is -2.42. The van der Waals surface area contributed by atoms with Crippen LogP contribution < -0.4 is 16.0 Å². The van der Waals surface area contributed by atoms with Crippen LogP contribution in [0.3, 0.4) is 0 Å². The average molecular weight is 400 g/mol. The second-order valence-corrected chi connectivity index (χ2v) is 4.42. The average Bonchev–Trinajstić information content (AvgIpc) is 2.40. The molecule has 0 aliphatic carbocycles. The van der Waals surface area contributed by atoms with Crippen LogP contribution >= 0.6 is 24.0 Å². The van der Waals surface area contributed by atoms with Crippen molar-refractivity contribution in [2.45, 2.75) is 27.2 Å². The van der Waals surface area contributed by atoms with Gasteiger partial charge in [0.25, 0.3) is 0 Å². The molecule has 0 aliphatic heterocycles. The van der Waals surface area contributed by atoms with Crippen LogP contribution in [0.25, 0.3) is 0 Å². The number of nitrogens with zero attached hydrogens (tertiary/aromatic N) is 1. The highest BCUT2D eigenvalue weighted by Crippen LogP contribution is 1.88. The summed E-state index contributed by atoms with van der Waals surface area (Å²) in [6.45, 7) is 9.31. The standard InChI is InChI=1S/C13H28N4O2.HI/c1-5-19-10-6-7-16-13(14-4)17-9-8-15-12(18)11(2)3;/h11H,5-10H2,1-4H3,(H,15,18)(H2,14,16,17);1H. The quantitative estimate of drug-likeness (QED) is 0.233. The second kappa shape index (κ2) is 14.8. The summed E-state index contributed by atoms with van der Waals surface area (Å²) in [6.07, 6.45) is 0.943. The molecule has 0 bridgehead atoms. The number of halogens is 1. The number of guanidine groups is 1. The molecular formula is C13H29IN4O2. The Bertz CT molecular complexity index is 273. The zero-order valence-corrected chi connectivity index (χ0v) is 15.3. The van der Waals surface area contributed by atoms with Crippen LogP contribution in [0.5, 0.6) is 0 Å². The Labute approximate surface area is 139 Å². The van der Waals surface area contributed by atoms with Crippen molar-refractivity contribution < 1.29 is 9.53 Å². The zero-order chi connectivity index (χ0) is 14.5. The molecule has 7 heteroatoms. The molecule has 0 aromatic heterocycles. The molecular weight excluding hydrogens is 371 g/mol. The number of carbonyl (C=O) groups is 1. The van der Waals surface area contributed by atoms with Crippen molar-refractivity contribution >= 4 is 35.8 Å². The van der Waals surface area contributed by atoms with Gasteiger partial charge in [-0.25, -0.2) is 0 Å². The molecule has 1 amide bonds. The predicted octanol–water partition coefficient (Wildman–Crippen LogP) is 0.968. The normalized spacial score (nSPS) is 10.9. The maximum Gasteiger partial charge on any atom is 0.222 e. The van der Waals surface area contributed by atoms with Crippen LogP contribution in [0.2, 0.25) is 0 Å². The van der Waals surface area contributed by atoms with Gasteiger partial charge in [0.2, 0.25) is 5.91 Å². The predicted molar refractivity (Wildman–Crippen MR) is 93.7 cm³/mol. The lowest BCUT2D eigenvalue weighted by Gasteiger charge is -2.12. The molecule has 0 heterocycles. The lowest BCUT2D eigenvalue weighted by atomic mass is 10.2. The number of hydrogen-bond acceptors (Lipinski definition) is 3. The van der Waals surface area contributed by atoms with E-state index in [-0.39, 0.29) is 35.8 Å². The molecule has 0 saturated carbocycles. The topological polar surface area (TPSA) is 74.8 Å². The van der Waals surface area contributed by atoms with E-state index in [4.69, 9.17) is 4.74 Å². The fourth-order valence-corrected chi connectivity index (χ4v) is 1.32. The lowest BCUT2D eigenvalue weighted by molar-refractivity contribution is -0.123. The minimum Gasteiger partial charge on any atom is -0.382 e. The van der Waals surface area contributed by atoms with E-state index < -0.39 is 0 Å². The molecule has 0 atom stereocenters. The summed E-state index contributed by atoms with van der Waals surface area (Å²) in [4.78, 5) is 15.4. The third kappa shape index (κ3) is 12.5. The number of hydrogen-bond donors (Lipinski definition) is 3. The van der Waals surface area contributed by atoms with E-state index in [1.807, 2.05) is 20.8 Å². The summed E-state index contributed by atoms with van der Waals surface area (Å²) >= 11 is 0. The monoisotopic (exact) mass is 400 g/mol. The van der Waals surface area contributed by atoms with Crippen molar-refractivity contribution in [3.63, 3.8) is 0 Å². The van der Waals surface area contributed by atoms with E-state index in [1.165, 1.54) is 0 Å². The van der Waals surface area contributed by atoms with E-state index in [1.54, 1.807) is 7.05 Å².